The maximum absolute atomic E-state index is 12.4. The first kappa shape index (κ1) is 13.5. The summed E-state index contributed by atoms with van der Waals surface area (Å²) >= 11 is 0. The van der Waals surface area contributed by atoms with Gasteiger partial charge in [0, 0.05) is 18.4 Å². The van der Waals surface area contributed by atoms with Crippen molar-refractivity contribution in [3.8, 4) is 0 Å². The Morgan fingerprint density at radius 1 is 1.32 bits per heavy atom. The summed E-state index contributed by atoms with van der Waals surface area (Å²) in [6.07, 6.45) is 0. The van der Waals surface area contributed by atoms with Gasteiger partial charge in [-0.05, 0) is 31.5 Å². The number of carbonyl (C=O) groups excluding carboxylic acids is 2. The van der Waals surface area contributed by atoms with Crippen molar-refractivity contribution >= 4 is 17.5 Å². The molecule has 2 N–H and O–H groups in total. The third-order valence-corrected chi connectivity index (χ3v) is 3.49. The van der Waals surface area contributed by atoms with Crippen LogP contribution in [-0.4, -0.2) is 37.0 Å². The van der Waals surface area contributed by atoms with E-state index < -0.39 is 5.41 Å². The first-order valence-electron chi connectivity index (χ1n) is 6.15. The first-order chi connectivity index (χ1) is 8.89. The molecule has 1 aliphatic heterocycles. The van der Waals surface area contributed by atoms with Gasteiger partial charge in [0.1, 0.15) is 0 Å². The van der Waals surface area contributed by atoms with Crippen molar-refractivity contribution in [3.05, 3.63) is 29.3 Å². The normalized spacial score (nSPS) is 17.5. The number of nitrogens with two attached hydrogens (primary N) is 1. The number of nitrogens with zero attached hydrogens (tertiary/aromatic N) is 1. The van der Waals surface area contributed by atoms with Crippen molar-refractivity contribution in [1.29, 1.82) is 0 Å². The lowest BCUT2D eigenvalue weighted by Crippen LogP contribution is -2.52. The average molecular weight is 262 g/mol. The highest BCUT2D eigenvalue weighted by molar-refractivity contribution is 6.13. The Labute approximate surface area is 112 Å². The number of anilines is 1. The molecule has 102 valence electrons. The van der Waals surface area contributed by atoms with Gasteiger partial charge in [-0.3, -0.25) is 14.5 Å². The predicted octanol–water partition coefficient (Wildman–Crippen LogP) is 1.18. The number of methoxy groups -OCH3 is 1. The predicted molar refractivity (Wildman–Crippen MR) is 71.8 cm³/mol. The molecule has 1 heterocycles. The number of imide groups is 1. The van der Waals surface area contributed by atoms with E-state index in [1.54, 1.807) is 18.2 Å². The molecule has 0 unspecified atom stereocenters. The van der Waals surface area contributed by atoms with Crippen LogP contribution in [-0.2, 0) is 14.9 Å². The van der Waals surface area contributed by atoms with E-state index in [2.05, 4.69) is 0 Å². The van der Waals surface area contributed by atoms with E-state index in [0.29, 0.717) is 17.9 Å². The lowest BCUT2D eigenvalue weighted by molar-refractivity contribution is -0.134. The Morgan fingerprint density at radius 3 is 2.63 bits per heavy atom. The molecule has 2 rings (SSSR count). The number of carbonyl (C=O) groups is 2. The lowest BCUT2D eigenvalue weighted by Gasteiger charge is -2.37. The van der Waals surface area contributed by atoms with Gasteiger partial charge in [0.05, 0.1) is 18.6 Å². The molecule has 0 saturated heterocycles. The van der Waals surface area contributed by atoms with Crippen molar-refractivity contribution < 1.29 is 14.3 Å². The number of hydrogen-bond acceptors (Lipinski definition) is 4. The summed E-state index contributed by atoms with van der Waals surface area (Å²) in [5.41, 5.74) is 6.75. The fraction of sp³-hybridized carbons (Fsp3) is 0.429. The Kier molecular flexibility index (Phi) is 3.32. The summed E-state index contributed by atoms with van der Waals surface area (Å²) in [5, 5.41) is 0. The number of ether oxygens (including phenoxy) is 1. The van der Waals surface area contributed by atoms with Crippen molar-refractivity contribution in [2.45, 2.75) is 19.3 Å². The van der Waals surface area contributed by atoms with Gasteiger partial charge in [-0.2, -0.15) is 0 Å². The molecule has 0 aromatic heterocycles. The molecule has 0 atom stereocenters. The summed E-state index contributed by atoms with van der Waals surface area (Å²) in [5.74, 6) is -0.504. The Bertz CT molecular complexity index is 537. The second kappa shape index (κ2) is 4.66. The minimum Gasteiger partial charge on any atom is -0.399 e. The summed E-state index contributed by atoms with van der Waals surface area (Å²) in [4.78, 5) is 26.0. The standard InChI is InChI=1S/C14H18N2O3/c1-14(2)11-5-4-9(15)8-10(11)12(17)16(13(14)18)6-7-19-3/h4-5,8H,6-7,15H2,1-3H3. The van der Waals surface area contributed by atoms with Crippen LogP contribution >= 0.6 is 0 Å². The number of amides is 2. The summed E-state index contributed by atoms with van der Waals surface area (Å²) in [6.45, 7) is 4.21. The van der Waals surface area contributed by atoms with Gasteiger partial charge >= 0.3 is 0 Å². The van der Waals surface area contributed by atoms with Crippen molar-refractivity contribution in [3.63, 3.8) is 0 Å². The minimum atomic E-state index is -0.731. The zero-order valence-corrected chi connectivity index (χ0v) is 11.4. The van der Waals surface area contributed by atoms with Crippen molar-refractivity contribution in [2.24, 2.45) is 0 Å². The van der Waals surface area contributed by atoms with Gasteiger partial charge in [-0.25, -0.2) is 0 Å². The average Bonchev–Trinajstić information content (AvgIpc) is 2.36. The molecule has 0 aliphatic carbocycles. The largest absolute Gasteiger partial charge is 0.399 e. The van der Waals surface area contributed by atoms with Gasteiger partial charge in [-0.15, -0.1) is 0 Å². The number of rotatable bonds is 3. The molecule has 0 saturated carbocycles. The summed E-state index contributed by atoms with van der Waals surface area (Å²) < 4.78 is 4.95. The van der Waals surface area contributed by atoms with Gasteiger partial charge < -0.3 is 10.5 Å². The van der Waals surface area contributed by atoms with Crippen molar-refractivity contribution in [1.82, 2.24) is 4.90 Å². The maximum Gasteiger partial charge on any atom is 0.260 e. The monoisotopic (exact) mass is 262 g/mol. The second-order valence-electron chi connectivity index (χ2n) is 5.18. The molecular weight excluding hydrogens is 244 g/mol. The van der Waals surface area contributed by atoms with E-state index in [1.807, 2.05) is 13.8 Å². The fourth-order valence-electron chi connectivity index (χ4n) is 2.36. The van der Waals surface area contributed by atoms with E-state index in [0.717, 1.165) is 5.56 Å². The van der Waals surface area contributed by atoms with Crippen LogP contribution in [0.2, 0.25) is 0 Å². The molecule has 2 amide bonds. The van der Waals surface area contributed by atoms with Gasteiger partial charge in [0.2, 0.25) is 5.91 Å². The number of nitrogen functional groups attached to an aromatic ring is 1. The third-order valence-electron chi connectivity index (χ3n) is 3.49. The molecule has 1 aromatic carbocycles. The third kappa shape index (κ3) is 2.10. The molecule has 1 aromatic rings. The van der Waals surface area contributed by atoms with Crippen LogP contribution in [0.15, 0.2) is 18.2 Å². The molecule has 19 heavy (non-hydrogen) atoms. The number of fused-ring (bicyclic) bond motifs is 1. The van der Waals surface area contributed by atoms with Crippen LogP contribution in [0.4, 0.5) is 5.69 Å². The smallest absolute Gasteiger partial charge is 0.260 e. The van der Waals surface area contributed by atoms with Crippen LogP contribution < -0.4 is 5.73 Å². The van der Waals surface area contributed by atoms with Crippen molar-refractivity contribution in [2.75, 3.05) is 26.0 Å². The highest BCUT2D eigenvalue weighted by atomic mass is 16.5. The van der Waals surface area contributed by atoms with Gasteiger partial charge in [0.25, 0.3) is 5.91 Å². The van der Waals surface area contributed by atoms with E-state index >= 15 is 0 Å². The summed E-state index contributed by atoms with van der Waals surface area (Å²) in [7, 11) is 1.54. The molecule has 0 fully saturated rings. The molecule has 0 bridgehead atoms. The lowest BCUT2D eigenvalue weighted by atomic mass is 9.77. The first-order valence-corrected chi connectivity index (χ1v) is 6.15. The van der Waals surface area contributed by atoms with Crippen LogP contribution in [0.3, 0.4) is 0 Å². The zero-order valence-electron chi connectivity index (χ0n) is 11.4. The van der Waals surface area contributed by atoms with Gasteiger partial charge in [0.15, 0.2) is 0 Å². The Balaban J connectivity index is 2.51. The fourth-order valence-corrected chi connectivity index (χ4v) is 2.36. The Hall–Kier alpha value is -1.88. The second-order valence-corrected chi connectivity index (χ2v) is 5.18. The van der Waals surface area contributed by atoms with Crippen LogP contribution in [0.1, 0.15) is 29.8 Å². The Morgan fingerprint density at radius 2 is 2.00 bits per heavy atom. The van der Waals surface area contributed by atoms with E-state index in [9.17, 15) is 9.59 Å². The zero-order chi connectivity index (χ0) is 14.2. The van der Waals surface area contributed by atoms with Crippen LogP contribution in [0.5, 0.6) is 0 Å². The van der Waals surface area contributed by atoms with Crippen LogP contribution in [0, 0.1) is 0 Å². The van der Waals surface area contributed by atoms with E-state index in [1.165, 1.54) is 12.0 Å². The van der Waals surface area contributed by atoms with Crippen LogP contribution in [0.25, 0.3) is 0 Å². The van der Waals surface area contributed by atoms with E-state index in [-0.39, 0.29) is 18.4 Å². The van der Waals surface area contributed by atoms with Gasteiger partial charge in [-0.1, -0.05) is 6.07 Å². The topological polar surface area (TPSA) is 72.6 Å². The highest BCUT2D eigenvalue weighted by Gasteiger charge is 2.44. The maximum atomic E-state index is 12.4. The SMILES string of the molecule is COCCN1C(=O)c2cc(N)ccc2C(C)(C)C1=O. The number of hydrogen-bond donors (Lipinski definition) is 1. The molecule has 0 radical (unpaired) electrons. The summed E-state index contributed by atoms with van der Waals surface area (Å²) in [6, 6.07) is 5.10. The molecule has 5 nitrogen and oxygen atoms in total. The highest BCUT2D eigenvalue weighted by Crippen LogP contribution is 2.35. The molecule has 1 aliphatic rings. The number of benzene rings is 1. The van der Waals surface area contributed by atoms with E-state index in [4.69, 9.17) is 10.5 Å². The molecule has 5 heteroatoms. The quantitative estimate of drug-likeness (QED) is 0.655. The molecule has 0 spiro atoms. The minimum absolute atomic E-state index is 0.202. The molecular formula is C14H18N2O3.